The normalized spacial score (nSPS) is 28.1. The number of fused-ring (bicyclic) bond motifs is 1. The van der Waals surface area contributed by atoms with Gasteiger partial charge in [0, 0.05) is 0 Å². The molecule has 1 heteroatoms. The van der Waals surface area contributed by atoms with Crippen LogP contribution in [0.1, 0.15) is 55.7 Å². The SMILES string of the molecule is CC1CCC(C(O)Cc2ccc3c(c2)CCC3)CC1. The number of aliphatic hydroxyl groups is 1. The lowest BCUT2D eigenvalue weighted by molar-refractivity contribution is 0.0761. The summed E-state index contributed by atoms with van der Waals surface area (Å²) < 4.78 is 0. The van der Waals surface area contributed by atoms with Crippen molar-refractivity contribution in [2.75, 3.05) is 0 Å². The molecule has 0 amide bonds. The smallest absolute Gasteiger partial charge is 0.0608 e. The zero-order valence-corrected chi connectivity index (χ0v) is 12.1. The summed E-state index contributed by atoms with van der Waals surface area (Å²) in [6, 6.07) is 6.86. The maximum atomic E-state index is 10.5. The second-order valence-corrected chi connectivity index (χ2v) is 6.75. The molecule has 0 spiro atoms. The van der Waals surface area contributed by atoms with E-state index in [-0.39, 0.29) is 6.10 Å². The van der Waals surface area contributed by atoms with E-state index in [4.69, 9.17) is 0 Å². The first-order chi connectivity index (χ1) is 9.22. The summed E-state index contributed by atoms with van der Waals surface area (Å²) in [5, 5.41) is 10.5. The third kappa shape index (κ3) is 3.02. The molecule has 3 rings (SSSR count). The van der Waals surface area contributed by atoms with Crippen LogP contribution in [0.2, 0.25) is 0 Å². The number of aliphatic hydroxyl groups excluding tert-OH is 1. The Morgan fingerprint density at radius 1 is 1.11 bits per heavy atom. The van der Waals surface area contributed by atoms with Gasteiger partial charge in [0.1, 0.15) is 0 Å². The second-order valence-electron chi connectivity index (χ2n) is 6.75. The Morgan fingerprint density at radius 2 is 1.84 bits per heavy atom. The molecule has 1 atom stereocenters. The van der Waals surface area contributed by atoms with Gasteiger partial charge in [-0.2, -0.15) is 0 Å². The van der Waals surface area contributed by atoms with E-state index >= 15 is 0 Å². The maximum Gasteiger partial charge on any atom is 0.0608 e. The number of benzene rings is 1. The molecular formula is C18H26O. The Hall–Kier alpha value is -0.820. The third-order valence-corrected chi connectivity index (χ3v) is 5.21. The molecular weight excluding hydrogens is 232 g/mol. The predicted molar refractivity (Wildman–Crippen MR) is 79.3 cm³/mol. The van der Waals surface area contributed by atoms with E-state index in [0.29, 0.717) is 5.92 Å². The Balaban J connectivity index is 1.61. The number of hydrogen-bond donors (Lipinski definition) is 1. The molecule has 1 saturated carbocycles. The van der Waals surface area contributed by atoms with Crippen molar-refractivity contribution in [3.63, 3.8) is 0 Å². The van der Waals surface area contributed by atoms with Crippen LogP contribution in [0.25, 0.3) is 0 Å². The highest BCUT2D eigenvalue weighted by Crippen LogP contribution is 2.32. The van der Waals surface area contributed by atoms with Gasteiger partial charge in [-0.1, -0.05) is 38.0 Å². The summed E-state index contributed by atoms with van der Waals surface area (Å²) in [5.41, 5.74) is 4.40. The summed E-state index contributed by atoms with van der Waals surface area (Å²) in [7, 11) is 0. The first-order valence-corrected chi connectivity index (χ1v) is 8.01. The molecule has 1 nitrogen and oxygen atoms in total. The third-order valence-electron chi connectivity index (χ3n) is 5.21. The van der Waals surface area contributed by atoms with Crippen molar-refractivity contribution in [3.8, 4) is 0 Å². The molecule has 1 aromatic rings. The fourth-order valence-corrected chi connectivity index (χ4v) is 3.83. The van der Waals surface area contributed by atoms with Crippen LogP contribution in [0.3, 0.4) is 0 Å². The average molecular weight is 258 g/mol. The molecule has 2 aliphatic rings. The topological polar surface area (TPSA) is 20.2 Å². The van der Waals surface area contributed by atoms with Gasteiger partial charge in [0.05, 0.1) is 6.10 Å². The molecule has 0 aromatic heterocycles. The van der Waals surface area contributed by atoms with E-state index in [1.807, 2.05) is 0 Å². The molecule has 0 bridgehead atoms. The van der Waals surface area contributed by atoms with Gasteiger partial charge in [-0.25, -0.2) is 0 Å². The maximum absolute atomic E-state index is 10.5. The molecule has 19 heavy (non-hydrogen) atoms. The Morgan fingerprint density at radius 3 is 2.63 bits per heavy atom. The van der Waals surface area contributed by atoms with Gasteiger partial charge in [-0.3, -0.25) is 0 Å². The molecule has 1 unspecified atom stereocenters. The van der Waals surface area contributed by atoms with Crippen LogP contribution in [-0.4, -0.2) is 11.2 Å². The van der Waals surface area contributed by atoms with E-state index < -0.39 is 0 Å². The Labute approximate surface area is 117 Å². The van der Waals surface area contributed by atoms with Crippen molar-refractivity contribution in [3.05, 3.63) is 34.9 Å². The highest BCUT2D eigenvalue weighted by molar-refractivity contribution is 5.35. The quantitative estimate of drug-likeness (QED) is 0.871. The number of aryl methyl sites for hydroxylation is 2. The van der Waals surface area contributed by atoms with Gasteiger partial charge in [0.15, 0.2) is 0 Å². The minimum atomic E-state index is -0.132. The van der Waals surface area contributed by atoms with Crippen molar-refractivity contribution in [2.45, 2.75) is 64.4 Å². The standard InChI is InChI=1S/C18H26O/c1-13-5-8-16(9-6-13)18(19)12-14-7-10-15-3-2-4-17(15)11-14/h7,10-11,13,16,18-19H,2-6,8-9,12H2,1H3. The molecule has 1 fully saturated rings. The summed E-state index contributed by atoms with van der Waals surface area (Å²) in [6.45, 7) is 2.34. The van der Waals surface area contributed by atoms with Crippen molar-refractivity contribution >= 4 is 0 Å². The molecule has 1 N–H and O–H groups in total. The summed E-state index contributed by atoms with van der Waals surface area (Å²) in [4.78, 5) is 0. The molecule has 0 saturated heterocycles. The highest BCUT2D eigenvalue weighted by atomic mass is 16.3. The zero-order chi connectivity index (χ0) is 13.2. The van der Waals surface area contributed by atoms with Crippen molar-refractivity contribution < 1.29 is 5.11 Å². The Kier molecular flexibility index (Phi) is 3.93. The monoisotopic (exact) mass is 258 g/mol. The highest BCUT2D eigenvalue weighted by Gasteiger charge is 2.25. The lowest BCUT2D eigenvalue weighted by Crippen LogP contribution is -2.26. The van der Waals surface area contributed by atoms with Gasteiger partial charge in [0.2, 0.25) is 0 Å². The van der Waals surface area contributed by atoms with E-state index in [0.717, 1.165) is 12.3 Å². The van der Waals surface area contributed by atoms with E-state index in [1.54, 1.807) is 0 Å². The predicted octanol–water partition coefficient (Wildman–Crippen LogP) is 3.91. The van der Waals surface area contributed by atoms with Crippen LogP contribution in [-0.2, 0) is 19.3 Å². The van der Waals surface area contributed by atoms with Crippen LogP contribution < -0.4 is 0 Å². The summed E-state index contributed by atoms with van der Waals surface area (Å²) in [6.07, 6.45) is 9.54. The zero-order valence-electron chi connectivity index (χ0n) is 12.1. The van der Waals surface area contributed by atoms with Crippen LogP contribution in [0, 0.1) is 11.8 Å². The van der Waals surface area contributed by atoms with Gasteiger partial charge in [-0.15, -0.1) is 0 Å². The fourth-order valence-electron chi connectivity index (χ4n) is 3.83. The average Bonchev–Trinajstić information content (AvgIpc) is 2.87. The van der Waals surface area contributed by atoms with E-state index in [2.05, 4.69) is 25.1 Å². The summed E-state index contributed by atoms with van der Waals surface area (Å²) >= 11 is 0. The minimum absolute atomic E-state index is 0.132. The fraction of sp³-hybridized carbons (Fsp3) is 0.667. The van der Waals surface area contributed by atoms with Crippen molar-refractivity contribution in [1.82, 2.24) is 0 Å². The molecule has 0 aliphatic heterocycles. The largest absolute Gasteiger partial charge is 0.392 e. The number of hydrogen-bond acceptors (Lipinski definition) is 1. The van der Waals surface area contributed by atoms with Crippen LogP contribution >= 0.6 is 0 Å². The first-order valence-electron chi connectivity index (χ1n) is 8.01. The molecule has 0 heterocycles. The van der Waals surface area contributed by atoms with Gasteiger partial charge in [0.25, 0.3) is 0 Å². The first kappa shape index (κ1) is 13.2. The van der Waals surface area contributed by atoms with Crippen LogP contribution in [0.15, 0.2) is 18.2 Å². The van der Waals surface area contributed by atoms with E-state index in [1.165, 1.54) is 61.6 Å². The second kappa shape index (κ2) is 5.66. The number of rotatable bonds is 3. The molecule has 104 valence electrons. The minimum Gasteiger partial charge on any atom is -0.392 e. The summed E-state index contributed by atoms with van der Waals surface area (Å²) in [5.74, 6) is 1.40. The lowest BCUT2D eigenvalue weighted by atomic mass is 9.79. The Bertz CT molecular complexity index is 429. The lowest BCUT2D eigenvalue weighted by Gasteiger charge is -2.30. The van der Waals surface area contributed by atoms with E-state index in [9.17, 15) is 5.11 Å². The van der Waals surface area contributed by atoms with Gasteiger partial charge < -0.3 is 5.11 Å². The van der Waals surface area contributed by atoms with Crippen molar-refractivity contribution in [2.24, 2.45) is 11.8 Å². The van der Waals surface area contributed by atoms with Gasteiger partial charge >= 0.3 is 0 Å². The van der Waals surface area contributed by atoms with Gasteiger partial charge in [-0.05, 0) is 67.1 Å². The molecule has 1 aromatic carbocycles. The van der Waals surface area contributed by atoms with Crippen LogP contribution in [0.5, 0.6) is 0 Å². The molecule has 2 aliphatic carbocycles. The van der Waals surface area contributed by atoms with Crippen molar-refractivity contribution in [1.29, 1.82) is 0 Å². The van der Waals surface area contributed by atoms with Crippen LogP contribution in [0.4, 0.5) is 0 Å². The molecule has 0 radical (unpaired) electrons.